The van der Waals surface area contributed by atoms with Gasteiger partial charge in [0.05, 0.1) is 6.10 Å². The summed E-state index contributed by atoms with van der Waals surface area (Å²) in [6, 6.07) is 24.5. The van der Waals surface area contributed by atoms with Crippen molar-refractivity contribution in [1.82, 2.24) is 5.32 Å². The van der Waals surface area contributed by atoms with Gasteiger partial charge in [-0.05, 0) is 28.0 Å². The van der Waals surface area contributed by atoms with E-state index in [0.29, 0.717) is 6.54 Å². The zero-order valence-electron chi connectivity index (χ0n) is 11.9. The molecule has 0 saturated heterocycles. The summed E-state index contributed by atoms with van der Waals surface area (Å²) in [6.07, 6.45) is -0.488. The number of nitrogens with one attached hydrogen (secondary N) is 1. The monoisotopic (exact) mass is 277 g/mol. The summed E-state index contributed by atoms with van der Waals surface area (Å²) in [7, 11) is 0. The second-order valence-electron chi connectivity index (χ2n) is 5.24. The highest BCUT2D eigenvalue weighted by Gasteiger charge is 2.07. The van der Waals surface area contributed by atoms with E-state index in [9.17, 15) is 5.11 Å². The fourth-order valence-electron chi connectivity index (χ4n) is 2.48. The molecule has 0 aliphatic rings. The first-order chi connectivity index (χ1) is 10.3. The van der Waals surface area contributed by atoms with Gasteiger partial charge in [-0.25, -0.2) is 0 Å². The maximum absolute atomic E-state index is 10.3. The first-order valence-electron chi connectivity index (χ1n) is 7.24. The third-order valence-electron chi connectivity index (χ3n) is 3.67. The lowest BCUT2D eigenvalue weighted by atomic mass is 10.0. The van der Waals surface area contributed by atoms with Crippen LogP contribution in [0, 0.1) is 0 Å². The molecule has 1 atom stereocenters. The van der Waals surface area contributed by atoms with Crippen LogP contribution in [0.3, 0.4) is 0 Å². The SMILES string of the molecule is O[C@H](CNCc1ccccc1)c1ccc2ccccc2c1. The van der Waals surface area contributed by atoms with E-state index in [1.165, 1.54) is 10.9 Å². The molecule has 3 aromatic rings. The van der Waals surface area contributed by atoms with Crippen molar-refractivity contribution >= 4 is 10.8 Å². The van der Waals surface area contributed by atoms with Crippen LogP contribution in [0.25, 0.3) is 10.8 Å². The van der Waals surface area contributed by atoms with Gasteiger partial charge < -0.3 is 10.4 Å². The van der Waals surface area contributed by atoms with Gasteiger partial charge in [0, 0.05) is 13.1 Å². The third-order valence-corrected chi connectivity index (χ3v) is 3.67. The van der Waals surface area contributed by atoms with Crippen molar-refractivity contribution < 1.29 is 5.11 Å². The Hall–Kier alpha value is -2.16. The first-order valence-corrected chi connectivity index (χ1v) is 7.24. The Morgan fingerprint density at radius 1 is 0.810 bits per heavy atom. The van der Waals surface area contributed by atoms with E-state index in [1.54, 1.807) is 0 Å². The standard InChI is InChI=1S/C19H19NO/c21-19(14-20-13-15-6-2-1-3-7-15)18-11-10-16-8-4-5-9-17(16)12-18/h1-12,19-21H,13-14H2/t19-/m1/s1. The van der Waals surface area contributed by atoms with Crippen LogP contribution in [0.4, 0.5) is 0 Å². The largest absolute Gasteiger partial charge is 0.387 e. The molecule has 0 bridgehead atoms. The van der Waals surface area contributed by atoms with Gasteiger partial charge in [0.1, 0.15) is 0 Å². The molecule has 0 fully saturated rings. The molecule has 21 heavy (non-hydrogen) atoms. The van der Waals surface area contributed by atoms with E-state index in [-0.39, 0.29) is 0 Å². The van der Waals surface area contributed by atoms with E-state index in [1.807, 2.05) is 36.4 Å². The average Bonchev–Trinajstić information content (AvgIpc) is 2.55. The molecular weight excluding hydrogens is 258 g/mol. The molecule has 0 spiro atoms. The summed E-state index contributed by atoms with van der Waals surface area (Å²) >= 11 is 0. The molecule has 0 radical (unpaired) electrons. The first kappa shape index (κ1) is 13.8. The molecule has 0 heterocycles. The van der Waals surface area contributed by atoms with Crippen LogP contribution in [0.2, 0.25) is 0 Å². The Bertz CT molecular complexity index is 709. The molecule has 3 rings (SSSR count). The minimum atomic E-state index is -0.488. The van der Waals surface area contributed by atoms with Gasteiger partial charge in [-0.2, -0.15) is 0 Å². The Morgan fingerprint density at radius 3 is 2.33 bits per heavy atom. The maximum Gasteiger partial charge on any atom is 0.0914 e. The number of benzene rings is 3. The predicted molar refractivity (Wildman–Crippen MR) is 87.1 cm³/mol. The van der Waals surface area contributed by atoms with Crippen molar-refractivity contribution in [3.63, 3.8) is 0 Å². The molecule has 2 N–H and O–H groups in total. The lowest BCUT2D eigenvalue weighted by Crippen LogP contribution is -2.21. The maximum atomic E-state index is 10.3. The summed E-state index contributed by atoms with van der Waals surface area (Å²) < 4.78 is 0. The molecule has 2 nitrogen and oxygen atoms in total. The van der Waals surface area contributed by atoms with Gasteiger partial charge >= 0.3 is 0 Å². The molecule has 0 aliphatic carbocycles. The van der Waals surface area contributed by atoms with E-state index in [2.05, 4.69) is 41.7 Å². The van der Waals surface area contributed by atoms with Gasteiger partial charge in [-0.3, -0.25) is 0 Å². The molecule has 0 saturated carbocycles. The Morgan fingerprint density at radius 2 is 1.52 bits per heavy atom. The van der Waals surface area contributed by atoms with Crippen molar-refractivity contribution in [3.05, 3.63) is 83.9 Å². The lowest BCUT2D eigenvalue weighted by Gasteiger charge is -2.13. The Balaban J connectivity index is 1.62. The highest BCUT2D eigenvalue weighted by atomic mass is 16.3. The second kappa shape index (κ2) is 6.53. The number of hydrogen-bond donors (Lipinski definition) is 2. The number of aliphatic hydroxyl groups is 1. The van der Waals surface area contributed by atoms with Crippen molar-refractivity contribution in [2.45, 2.75) is 12.6 Å². The molecule has 0 unspecified atom stereocenters. The minimum Gasteiger partial charge on any atom is -0.387 e. The van der Waals surface area contributed by atoms with Crippen molar-refractivity contribution in [2.24, 2.45) is 0 Å². The normalized spacial score (nSPS) is 12.4. The lowest BCUT2D eigenvalue weighted by molar-refractivity contribution is 0.174. The number of rotatable bonds is 5. The topological polar surface area (TPSA) is 32.3 Å². The predicted octanol–water partition coefficient (Wildman–Crippen LogP) is 3.66. The summed E-state index contributed by atoms with van der Waals surface area (Å²) in [5, 5.41) is 16.0. The number of aliphatic hydroxyl groups excluding tert-OH is 1. The summed E-state index contributed by atoms with van der Waals surface area (Å²) in [4.78, 5) is 0. The van der Waals surface area contributed by atoms with Crippen LogP contribution in [-0.4, -0.2) is 11.7 Å². The van der Waals surface area contributed by atoms with Gasteiger partial charge in [0.25, 0.3) is 0 Å². The van der Waals surface area contributed by atoms with Crippen LogP contribution in [0.5, 0.6) is 0 Å². The Labute approximate surface area is 125 Å². The van der Waals surface area contributed by atoms with E-state index < -0.39 is 6.10 Å². The van der Waals surface area contributed by atoms with Crippen LogP contribution in [-0.2, 0) is 6.54 Å². The number of hydrogen-bond acceptors (Lipinski definition) is 2. The van der Waals surface area contributed by atoms with Crippen LogP contribution >= 0.6 is 0 Å². The molecule has 2 heteroatoms. The molecule has 0 aliphatic heterocycles. The molecular formula is C19H19NO. The smallest absolute Gasteiger partial charge is 0.0914 e. The average molecular weight is 277 g/mol. The van der Waals surface area contributed by atoms with Gasteiger partial charge in [-0.15, -0.1) is 0 Å². The molecule has 106 valence electrons. The molecule has 3 aromatic carbocycles. The van der Waals surface area contributed by atoms with Gasteiger partial charge in [-0.1, -0.05) is 66.7 Å². The van der Waals surface area contributed by atoms with E-state index in [4.69, 9.17) is 0 Å². The number of fused-ring (bicyclic) bond motifs is 1. The van der Waals surface area contributed by atoms with Crippen molar-refractivity contribution in [3.8, 4) is 0 Å². The van der Waals surface area contributed by atoms with E-state index in [0.717, 1.165) is 17.5 Å². The van der Waals surface area contributed by atoms with Gasteiger partial charge in [0.2, 0.25) is 0 Å². The fraction of sp³-hybridized carbons (Fsp3) is 0.158. The van der Waals surface area contributed by atoms with Crippen molar-refractivity contribution in [2.75, 3.05) is 6.54 Å². The summed E-state index contributed by atoms with van der Waals surface area (Å²) in [6.45, 7) is 1.32. The summed E-state index contributed by atoms with van der Waals surface area (Å²) in [5.41, 5.74) is 2.18. The second-order valence-corrected chi connectivity index (χ2v) is 5.24. The highest BCUT2D eigenvalue weighted by molar-refractivity contribution is 5.83. The summed E-state index contributed by atoms with van der Waals surface area (Å²) in [5.74, 6) is 0. The quantitative estimate of drug-likeness (QED) is 0.746. The zero-order chi connectivity index (χ0) is 14.5. The molecule has 0 aromatic heterocycles. The molecule has 0 amide bonds. The van der Waals surface area contributed by atoms with Crippen LogP contribution < -0.4 is 5.32 Å². The van der Waals surface area contributed by atoms with Gasteiger partial charge in [0.15, 0.2) is 0 Å². The van der Waals surface area contributed by atoms with E-state index >= 15 is 0 Å². The fourth-order valence-corrected chi connectivity index (χ4v) is 2.48. The minimum absolute atomic E-state index is 0.488. The third kappa shape index (κ3) is 3.48. The Kier molecular flexibility index (Phi) is 4.29. The van der Waals surface area contributed by atoms with Crippen molar-refractivity contribution in [1.29, 1.82) is 0 Å². The highest BCUT2D eigenvalue weighted by Crippen LogP contribution is 2.20. The van der Waals surface area contributed by atoms with Crippen LogP contribution in [0.1, 0.15) is 17.2 Å². The van der Waals surface area contributed by atoms with Crippen LogP contribution in [0.15, 0.2) is 72.8 Å². The zero-order valence-corrected chi connectivity index (χ0v) is 11.9.